The van der Waals surface area contributed by atoms with Gasteiger partial charge in [-0.15, -0.1) is 22.9 Å². The summed E-state index contributed by atoms with van der Waals surface area (Å²) in [5, 5.41) is 3.30. The number of thiazole rings is 1. The fourth-order valence-electron chi connectivity index (χ4n) is 1.61. The van der Waals surface area contributed by atoms with Gasteiger partial charge in [-0.1, -0.05) is 23.2 Å². The van der Waals surface area contributed by atoms with Gasteiger partial charge in [-0.25, -0.2) is 4.98 Å². The smallest absolute Gasteiger partial charge is 0.243 e. The molecular weight excluding hydrogens is 418 g/mol. The Morgan fingerprint density at radius 2 is 2.19 bits per heavy atom. The van der Waals surface area contributed by atoms with Crippen molar-refractivity contribution in [1.82, 2.24) is 4.98 Å². The highest BCUT2D eigenvalue weighted by atomic mass is 79.9. The van der Waals surface area contributed by atoms with Gasteiger partial charge < -0.3 is 5.32 Å². The molecule has 0 radical (unpaired) electrons. The second-order valence-electron chi connectivity index (χ2n) is 4.26. The topological polar surface area (TPSA) is 42.0 Å². The summed E-state index contributed by atoms with van der Waals surface area (Å²) in [4.78, 5) is 16.8. The maximum absolute atomic E-state index is 11.7. The van der Waals surface area contributed by atoms with Gasteiger partial charge in [0.2, 0.25) is 5.91 Å². The number of carbonyl (C=O) groups is 1. The average molecular weight is 429 g/mol. The molecule has 0 saturated carbocycles. The van der Waals surface area contributed by atoms with Crippen LogP contribution in [0.2, 0.25) is 10.0 Å². The molecule has 1 amide bonds. The summed E-state index contributed by atoms with van der Waals surface area (Å²) in [6, 6.07) is 5.27. The first-order valence-electron chi connectivity index (χ1n) is 5.91. The maximum atomic E-state index is 11.7. The molecule has 3 nitrogen and oxygen atoms in total. The van der Waals surface area contributed by atoms with Gasteiger partial charge in [-0.05, 0) is 46.6 Å². The number of rotatable bonds is 4. The molecule has 0 spiro atoms. The SMILES string of the molecule is C[C@H](Cl)C(=O)Nc1nc(Br)sc1Cc1cc(Cl)ccc1Cl. The number of anilines is 1. The van der Waals surface area contributed by atoms with Gasteiger partial charge >= 0.3 is 0 Å². The molecule has 0 fully saturated rings. The molecule has 1 heterocycles. The monoisotopic (exact) mass is 426 g/mol. The lowest BCUT2D eigenvalue weighted by molar-refractivity contribution is -0.115. The molecular formula is C13H10BrCl3N2OS. The Labute approximate surface area is 149 Å². The molecule has 112 valence electrons. The summed E-state index contributed by atoms with van der Waals surface area (Å²) in [6.45, 7) is 1.60. The minimum atomic E-state index is -0.631. The van der Waals surface area contributed by atoms with E-state index < -0.39 is 5.38 Å². The van der Waals surface area contributed by atoms with Crippen molar-refractivity contribution in [1.29, 1.82) is 0 Å². The van der Waals surface area contributed by atoms with Crippen LogP contribution in [-0.4, -0.2) is 16.3 Å². The molecule has 2 rings (SSSR count). The largest absolute Gasteiger partial charge is 0.308 e. The minimum Gasteiger partial charge on any atom is -0.308 e. The van der Waals surface area contributed by atoms with Crippen LogP contribution in [0.4, 0.5) is 5.82 Å². The number of carbonyl (C=O) groups excluding carboxylic acids is 1. The van der Waals surface area contributed by atoms with E-state index in [-0.39, 0.29) is 5.91 Å². The van der Waals surface area contributed by atoms with Crippen molar-refractivity contribution in [3.63, 3.8) is 0 Å². The van der Waals surface area contributed by atoms with Crippen LogP contribution in [0, 0.1) is 0 Å². The molecule has 1 N–H and O–H groups in total. The van der Waals surface area contributed by atoms with E-state index in [9.17, 15) is 4.79 Å². The van der Waals surface area contributed by atoms with Crippen LogP contribution in [0.25, 0.3) is 0 Å². The van der Waals surface area contributed by atoms with Crippen LogP contribution in [0.1, 0.15) is 17.4 Å². The summed E-state index contributed by atoms with van der Waals surface area (Å²) < 4.78 is 0.674. The normalized spacial score (nSPS) is 12.2. The molecule has 0 aliphatic rings. The van der Waals surface area contributed by atoms with Gasteiger partial charge in [0.15, 0.2) is 3.92 Å². The lowest BCUT2D eigenvalue weighted by Gasteiger charge is -2.07. The summed E-state index contributed by atoms with van der Waals surface area (Å²) in [5.41, 5.74) is 0.870. The minimum absolute atomic E-state index is 0.298. The number of benzene rings is 1. The lowest BCUT2D eigenvalue weighted by atomic mass is 10.1. The molecule has 2 aromatic rings. The third kappa shape index (κ3) is 4.57. The van der Waals surface area contributed by atoms with Crippen molar-refractivity contribution in [3.8, 4) is 0 Å². The number of halogens is 4. The molecule has 1 atom stereocenters. The Morgan fingerprint density at radius 1 is 1.48 bits per heavy atom. The van der Waals surface area contributed by atoms with E-state index in [2.05, 4.69) is 26.2 Å². The van der Waals surface area contributed by atoms with Crippen LogP contribution in [0.15, 0.2) is 22.1 Å². The van der Waals surface area contributed by atoms with Crippen LogP contribution < -0.4 is 5.32 Å². The number of alkyl halides is 1. The first-order chi connectivity index (χ1) is 9.86. The van der Waals surface area contributed by atoms with Crippen molar-refractivity contribution in [3.05, 3.63) is 42.6 Å². The number of hydrogen-bond donors (Lipinski definition) is 1. The Balaban J connectivity index is 2.28. The highest BCUT2D eigenvalue weighted by molar-refractivity contribution is 9.11. The molecule has 0 aliphatic heterocycles. The van der Waals surface area contributed by atoms with Gasteiger partial charge in [-0.2, -0.15) is 0 Å². The maximum Gasteiger partial charge on any atom is 0.243 e. The Kier molecular flexibility index (Phi) is 5.91. The zero-order chi connectivity index (χ0) is 15.6. The molecule has 0 bridgehead atoms. The molecule has 8 heteroatoms. The number of hydrogen-bond acceptors (Lipinski definition) is 3. The van der Waals surface area contributed by atoms with E-state index >= 15 is 0 Å². The quantitative estimate of drug-likeness (QED) is 0.666. The zero-order valence-electron chi connectivity index (χ0n) is 10.8. The van der Waals surface area contributed by atoms with Crippen molar-refractivity contribution < 1.29 is 4.79 Å². The number of aromatic nitrogens is 1. The third-order valence-electron chi connectivity index (χ3n) is 2.63. The molecule has 1 aromatic heterocycles. The van der Waals surface area contributed by atoms with Gasteiger partial charge in [0.05, 0.1) is 4.88 Å². The predicted molar refractivity (Wildman–Crippen MR) is 93.0 cm³/mol. The van der Waals surface area contributed by atoms with Crippen molar-refractivity contribution >= 4 is 73.8 Å². The predicted octanol–water partition coefficient (Wildman–Crippen LogP) is 5.37. The number of nitrogens with zero attached hydrogens (tertiary/aromatic N) is 1. The van der Waals surface area contributed by atoms with E-state index in [1.165, 1.54) is 11.3 Å². The number of nitrogens with one attached hydrogen (secondary N) is 1. The van der Waals surface area contributed by atoms with E-state index in [1.807, 2.05) is 0 Å². The van der Waals surface area contributed by atoms with Gasteiger partial charge in [0.1, 0.15) is 11.2 Å². The zero-order valence-corrected chi connectivity index (χ0v) is 15.5. The van der Waals surface area contributed by atoms with Crippen LogP contribution in [0.5, 0.6) is 0 Å². The van der Waals surface area contributed by atoms with E-state index in [4.69, 9.17) is 34.8 Å². The summed E-state index contributed by atoms with van der Waals surface area (Å²) in [7, 11) is 0. The first-order valence-corrected chi connectivity index (χ1v) is 8.71. The summed E-state index contributed by atoms with van der Waals surface area (Å²) >= 11 is 22.7. The average Bonchev–Trinajstić information content (AvgIpc) is 2.73. The van der Waals surface area contributed by atoms with E-state index in [1.54, 1.807) is 25.1 Å². The molecule has 0 saturated heterocycles. The first kappa shape index (κ1) is 17.0. The fraction of sp³-hybridized carbons (Fsp3) is 0.231. The molecule has 21 heavy (non-hydrogen) atoms. The van der Waals surface area contributed by atoms with E-state index in [0.717, 1.165) is 10.4 Å². The van der Waals surface area contributed by atoms with Crippen LogP contribution in [-0.2, 0) is 11.2 Å². The number of amides is 1. The third-order valence-corrected chi connectivity index (χ3v) is 4.94. The molecule has 0 aliphatic carbocycles. The van der Waals surface area contributed by atoms with E-state index in [0.29, 0.717) is 26.2 Å². The lowest BCUT2D eigenvalue weighted by Crippen LogP contribution is -2.21. The van der Waals surface area contributed by atoms with Crippen molar-refractivity contribution in [2.75, 3.05) is 5.32 Å². The molecule has 0 unspecified atom stereocenters. The van der Waals surface area contributed by atoms with Gasteiger partial charge in [0, 0.05) is 16.5 Å². The highest BCUT2D eigenvalue weighted by Crippen LogP contribution is 2.32. The van der Waals surface area contributed by atoms with Crippen molar-refractivity contribution in [2.24, 2.45) is 0 Å². The second kappa shape index (κ2) is 7.29. The highest BCUT2D eigenvalue weighted by Gasteiger charge is 2.17. The Hall–Kier alpha value is -0.330. The second-order valence-corrected chi connectivity index (χ2v) is 8.11. The summed E-state index contributed by atoms with van der Waals surface area (Å²) in [5.74, 6) is 0.188. The van der Waals surface area contributed by atoms with Gasteiger partial charge in [-0.3, -0.25) is 4.79 Å². The van der Waals surface area contributed by atoms with Crippen molar-refractivity contribution in [2.45, 2.75) is 18.7 Å². The van der Waals surface area contributed by atoms with Crippen LogP contribution >= 0.6 is 62.1 Å². The van der Waals surface area contributed by atoms with Gasteiger partial charge in [0.25, 0.3) is 0 Å². The summed E-state index contributed by atoms with van der Waals surface area (Å²) in [6.07, 6.45) is 0.523. The fourth-order valence-corrected chi connectivity index (χ4v) is 3.57. The Bertz CT molecular complexity index is 675. The Morgan fingerprint density at radius 3 is 2.86 bits per heavy atom. The molecule has 1 aromatic carbocycles. The standard InChI is InChI=1S/C13H10BrCl3N2OS/c1-6(15)12(20)18-11-10(21-13(14)19-11)5-7-4-8(16)2-3-9(7)17/h2-4,6H,5H2,1H3,(H,18,20)/t6-/m0/s1. The van der Waals surface area contributed by atoms with Crippen LogP contribution in [0.3, 0.4) is 0 Å².